The fraction of sp³-hybridized carbons (Fsp3) is 0.833. The summed E-state index contributed by atoms with van der Waals surface area (Å²) in [5, 5.41) is 6.51. The second-order valence-corrected chi connectivity index (χ2v) is 6.45. The van der Waals surface area contributed by atoms with Crippen LogP contribution in [0.15, 0.2) is 0 Å². The average Bonchev–Trinajstić information content (AvgIpc) is 2.41. The molecule has 2 rings (SSSR count). The molecule has 0 aromatic rings. The fourth-order valence-corrected chi connectivity index (χ4v) is 3.55. The maximum atomic E-state index is 12.2. The van der Waals surface area contributed by atoms with E-state index in [4.69, 9.17) is 12.2 Å². The Morgan fingerprint density at radius 1 is 1.38 bits per heavy atom. The summed E-state index contributed by atoms with van der Waals surface area (Å²) in [5.74, 6) is 0.436. The molecule has 1 spiro atoms. The van der Waals surface area contributed by atoms with Crippen LogP contribution in [0.1, 0.15) is 46.5 Å². The normalized spacial score (nSPS) is 35.1. The minimum atomic E-state index is -0.437. The molecule has 2 atom stereocenters. The van der Waals surface area contributed by atoms with Crippen molar-refractivity contribution in [1.82, 2.24) is 10.6 Å². The highest BCUT2D eigenvalue weighted by molar-refractivity contribution is 7.80. The molecule has 0 aromatic heterocycles. The Kier molecular flexibility index (Phi) is 2.73. The van der Waals surface area contributed by atoms with Crippen molar-refractivity contribution in [2.45, 2.75) is 52.0 Å². The first kappa shape index (κ1) is 11.8. The van der Waals surface area contributed by atoms with E-state index in [1.165, 1.54) is 6.42 Å². The summed E-state index contributed by atoms with van der Waals surface area (Å²) in [6, 6.07) is 0. The third-order valence-electron chi connectivity index (χ3n) is 3.92. The van der Waals surface area contributed by atoms with Crippen molar-refractivity contribution < 1.29 is 4.79 Å². The first-order valence-electron chi connectivity index (χ1n) is 6.00. The Balaban J connectivity index is 2.35. The molecule has 3 nitrogen and oxygen atoms in total. The van der Waals surface area contributed by atoms with Gasteiger partial charge in [0, 0.05) is 0 Å². The molecule has 4 heteroatoms. The van der Waals surface area contributed by atoms with Crippen molar-refractivity contribution in [3.8, 4) is 0 Å². The van der Waals surface area contributed by atoms with E-state index in [0.29, 0.717) is 11.0 Å². The zero-order valence-corrected chi connectivity index (χ0v) is 11.0. The summed E-state index contributed by atoms with van der Waals surface area (Å²) in [6.07, 6.45) is 4.33. The summed E-state index contributed by atoms with van der Waals surface area (Å²) >= 11 is 5.08. The van der Waals surface area contributed by atoms with Crippen LogP contribution < -0.4 is 10.6 Å². The molecule has 1 aliphatic carbocycles. The van der Waals surface area contributed by atoms with Crippen LogP contribution in [0, 0.1) is 11.3 Å². The smallest absolute Gasteiger partial charge is 0.252 e. The van der Waals surface area contributed by atoms with Gasteiger partial charge in [-0.2, -0.15) is 0 Å². The van der Waals surface area contributed by atoms with E-state index < -0.39 is 5.54 Å². The van der Waals surface area contributed by atoms with Gasteiger partial charge in [-0.15, -0.1) is 0 Å². The predicted molar refractivity (Wildman–Crippen MR) is 68.0 cm³/mol. The summed E-state index contributed by atoms with van der Waals surface area (Å²) in [7, 11) is 0. The van der Waals surface area contributed by atoms with Gasteiger partial charge in [0.15, 0.2) is 5.11 Å². The number of amides is 1. The van der Waals surface area contributed by atoms with Crippen LogP contribution in [0.3, 0.4) is 0 Å². The standard InChI is InChI=1S/C12H20N2OS/c1-11(2,3)8-6-4-5-7-12(8)9(15)13-10(16)14-12/h8H,4-7H2,1-3H3,(H2,13,14,15,16). The van der Waals surface area contributed by atoms with Crippen molar-refractivity contribution in [2.75, 3.05) is 0 Å². The number of thiocarbonyl (C=S) groups is 1. The minimum Gasteiger partial charge on any atom is -0.348 e. The van der Waals surface area contributed by atoms with Crippen LogP contribution >= 0.6 is 12.2 Å². The van der Waals surface area contributed by atoms with Gasteiger partial charge in [-0.05, 0) is 36.4 Å². The maximum Gasteiger partial charge on any atom is 0.252 e. The van der Waals surface area contributed by atoms with Crippen LogP contribution in [-0.2, 0) is 4.79 Å². The molecule has 1 saturated heterocycles. The van der Waals surface area contributed by atoms with Gasteiger partial charge in [0.25, 0.3) is 5.91 Å². The van der Waals surface area contributed by atoms with Crippen LogP contribution in [-0.4, -0.2) is 16.6 Å². The molecular weight excluding hydrogens is 220 g/mol. The van der Waals surface area contributed by atoms with Crippen molar-refractivity contribution in [3.63, 3.8) is 0 Å². The number of hydrogen-bond acceptors (Lipinski definition) is 2. The molecule has 16 heavy (non-hydrogen) atoms. The zero-order valence-electron chi connectivity index (χ0n) is 10.2. The lowest BCUT2D eigenvalue weighted by Gasteiger charge is -2.46. The highest BCUT2D eigenvalue weighted by atomic mass is 32.1. The van der Waals surface area contributed by atoms with Crippen LogP contribution in [0.25, 0.3) is 0 Å². The second-order valence-electron chi connectivity index (χ2n) is 6.04. The summed E-state index contributed by atoms with van der Waals surface area (Å²) in [4.78, 5) is 12.2. The maximum absolute atomic E-state index is 12.2. The van der Waals surface area contributed by atoms with Gasteiger partial charge < -0.3 is 10.6 Å². The SMILES string of the molecule is CC(C)(C)C1CCCCC12NC(=S)NC2=O. The van der Waals surface area contributed by atoms with E-state index in [1.54, 1.807) is 0 Å². The van der Waals surface area contributed by atoms with E-state index in [2.05, 4.69) is 31.4 Å². The number of carbonyl (C=O) groups is 1. The highest BCUT2D eigenvalue weighted by Crippen LogP contribution is 2.45. The van der Waals surface area contributed by atoms with Gasteiger partial charge in [0.2, 0.25) is 0 Å². The Morgan fingerprint density at radius 2 is 2.06 bits per heavy atom. The van der Waals surface area contributed by atoms with Crippen molar-refractivity contribution in [1.29, 1.82) is 0 Å². The molecule has 2 N–H and O–H groups in total. The number of carbonyl (C=O) groups excluding carboxylic acids is 1. The molecule has 1 heterocycles. The number of rotatable bonds is 0. The molecule has 0 bridgehead atoms. The lowest BCUT2D eigenvalue weighted by atomic mass is 9.62. The lowest BCUT2D eigenvalue weighted by Crippen LogP contribution is -2.58. The molecule has 90 valence electrons. The summed E-state index contributed by atoms with van der Waals surface area (Å²) < 4.78 is 0. The van der Waals surface area contributed by atoms with Crippen LogP contribution in [0.2, 0.25) is 0 Å². The molecule has 2 aliphatic rings. The molecule has 1 saturated carbocycles. The molecule has 1 aliphatic heterocycles. The molecule has 2 unspecified atom stereocenters. The van der Waals surface area contributed by atoms with E-state index in [9.17, 15) is 4.79 Å². The average molecular weight is 240 g/mol. The Hall–Kier alpha value is -0.640. The van der Waals surface area contributed by atoms with Crippen molar-refractivity contribution in [3.05, 3.63) is 0 Å². The molecule has 2 fully saturated rings. The van der Waals surface area contributed by atoms with Gasteiger partial charge in [-0.3, -0.25) is 4.79 Å². The predicted octanol–water partition coefficient (Wildman–Crippen LogP) is 1.97. The lowest BCUT2D eigenvalue weighted by molar-refractivity contribution is -0.129. The minimum absolute atomic E-state index is 0.0807. The zero-order chi connectivity index (χ0) is 12.0. The van der Waals surface area contributed by atoms with Gasteiger partial charge in [-0.1, -0.05) is 33.6 Å². The van der Waals surface area contributed by atoms with Gasteiger partial charge in [0.05, 0.1) is 0 Å². The van der Waals surface area contributed by atoms with Crippen molar-refractivity contribution >= 4 is 23.2 Å². The fourth-order valence-electron chi connectivity index (χ4n) is 3.27. The van der Waals surface area contributed by atoms with Crippen LogP contribution in [0.4, 0.5) is 0 Å². The van der Waals surface area contributed by atoms with E-state index in [-0.39, 0.29) is 11.3 Å². The van der Waals surface area contributed by atoms with Crippen molar-refractivity contribution in [2.24, 2.45) is 11.3 Å². The largest absolute Gasteiger partial charge is 0.348 e. The Labute approximate surface area is 102 Å². The van der Waals surface area contributed by atoms with E-state index >= 15 is 0 Å². The second kappa shape index (κ2) is 3.69. The molecular formula is C12H20N2OS. The Bertz CT molecular complexity index is 334. The molecule has 1 amide bonds. The number of nitrogens with one attached hydrogen (secondary N) is 2. The van der Waals surface area contributed by atoms with Gasteiger partial charge in [0.1, 0.15) is 5.54 Å². The quantitative estimate of drug-likeness (QED) is 0.636. The first-order valence-corrected chi connectivity index (χ1v) is 6.41. The number of hydrogen-bond donors (Lipinski definition) is 2. The molecule has 0 radical (unpaired) electrons. The monoisotopic (exact) mass is 240 g/mol. The summed E-state index contributed by atoms with van der Waals surface area (Å²) in [6.45, 7) is 6.63. The third-order valence-corrected chi connectivity index (χ3v) is 4.13. The van der Waals surface area contributed by atoms with E-state index in [0.717, 1.165) is 19.3 Å². The third kappa shape index (κ3) is 1.73. The van der Waals surface area contributed by atoms with Gasteiger partial charge in [-0.25, -0.2) is 0 Å². The highest BCUT2D eigenvalue weighted by Gasteiger charge is 2.54. The van der Waals surface area contributed by atoms with Crippen LogP contribution in [0.5, 0.6) is 0 Å². The summed E-state index contributed by atoms with van der Waals surface area (Å²) in [5.41, 5.74) is -0.307. The topological polar surface area (TPSA) is 41.1 Å². The van der Waals surface area contributed by atoms with Gasteiger partial charge >= 0.3 is 0 Å². The Morgan fingerprint density at radius 3 is 2.56 bits per heavy atom. The first-order chi connectivity index (χ1) is 7.36. The molecule has 0 aromatic carbocycles. The van der Waals surface area contributed by atoms with E-state index in [1.807, 2.05) is 0 Å².